The van der Waals surface area contributed by atoms with Gasteiger partial charge in [0.25, 0.3) is 0 Å². The molecule has 0 spiro atoms. The number of thioether (sulfide) groups is 1. The highest BCUT2D eigenvalue weighted by molar-refractivity contribution is 7.99. The number of carbonyl (C=O) groups is 1. The lowest BCUT2D eigenvalue weighted by atomic mass is 10.2. The van der Waals surface area contributed by atoms with Crippen molar-refractivity contribution in [2.24, 2.45) is 5.10 Å². The maximum absolute atomic E-state index is 11.9. The molecule has 0 heterocycles. The smallest absolute Gasteiger partial charge is 0.240 e. The lowest BCUT2D eigenvalue weighted by Gasteiger charge is -2.06. The van der Waals surface area contributed by atoms with Crippen molar-refractivity contribution < 1.29 is 9.53 Å². The lowest BCUT2D eigenvalue weighted by molar-refractivity contribution is -0.120. The molecule has 0 saturated heterocycles. The number of hydrazone groups is 1. The first kappa shape index (κ1) is 22.2. The molecule has 0 atom stereocenters. The average molecular weight is 459 g/mol. The number of amides is 1. The van der Waals surface area contributed by atoms with Crippen molar-refractivity contribution in [2.75, 3.05) is 5.75 Å². The van der Waals surface area contributed by atoms with E-state index in [-0.39, 0.29) is 5.91 Å². The third-order valence-corrected chi connectivity index (χ3v) is 5.53. The van der Waals surface area contributed by atoms with E-state index >= 15 is 0 Å². The summed E-state index contributed by atoms with van der Waals surface area (Å²) in [6.45, 7) is 0.467. The predicted molar refractivity (Wildman–Crippen MR) is 125 cm³/mol. The third-order valence-electron chi connectivity index (χ3n) is 4.01. The summed E-state index contributed by atoms with van der Waals surface area (Å²) in [7, 11) is 0. The summed E-state index contributed by atoms with van der Waals surface area (Å²) in [5, 5.41) is 5.41. The van der Waals surface area contributed by atoms with E-state index in [1.807, 2.05) is 72.8 Å². The van der Waals surface area contributed by atoms with Crippen LogP contribution in [0.5, 0.6) is 5.75 Å². The lowest BCUT2D eigenvalue weighted by Crippen LogP contribution is -2.17. The van der Waals surface area contributed by atoms with Crippen LogP contribution >= 0.6 is 35.0 Å². The van der Waals surface area contributed by atoms with Gasteiger partial charge in [-0.25, -0.2) is 5.43 Å². The largest absolute Gasteiger partial charge is 0.489 e. The second-order valence-electron chi connectivity index (χ2n) is 6.33. The topological polar surface area (TPSA) is 50.7 Å². The van der Waals surface area contributed by atoms with Crippen molar-refractivity contribution in [2.45, 2.75) is 17.9 Å². The van der Waals surface area contributed by atoms with Gasteiger partial charge in [-0.3, -0.25) is 4.79 Å². The fourth-order valence-corrected chi connectivity index (χ4v) is 3.53. The molecular formula is C23H20Cl2N2O2S. The zero-order valence-electron chi connectivity index (χ0n) is 16.1. The summed E-state index contributed by atoms with van der Waals surface area (Å²) >= 11 is 13.3. The predicted octanol–water partition coefficient (Wildman–Crippen LogP) is 6.20. The van der Waals surface area contributed by atoms with Crippen molar-refractivity contribution in [3.05, 3.63) is 94.0 Å². The quantitative estimate of drug-likeness (QED) is 0.235. The summed E-state index contributed by atoms with van der Waals surface area (Å²) in [6.07, 6.45) is 1.98. The Morgan fingerprint density at radius 2 is 1.57 bits per heavy atom. The van der Waals surface area contributed by atoms with E-state index in [1.165, 1.54) is 0 Å². The van der Waals surface area contributed by atoms with Crippen LogP contribution in [0.15, 0.2) is 82.8 Å². The van der Waals surface area contributed by atoms with Crippen LogP contribution in [0.3, 0.4) is 0 Å². The molecule has 3 rings (SSSR count). The monoisotopic (exact) mass is 458 g/mol. The summed E-state index contributed by atoms with van der Waals surface area (Å²) in [5.74, 6) is 1.30. The zero-order valence-corrected chi connectivity index (χ0v) is 18.4. The number of nitrogens with zero attached hydrogens (tertiary/aromatic N) is 1. The van der Waals surface area contributed by atoms with Crippen molar-refractivity contribution in [1.82, 2.24) is 5.43 Å². The first-order chi connectivity index (χ1) is 14.6. The van der Waals surface area contributed by atoms with E-state index in [1.54, 1.807) is 18.0 Å². The second kappa shape index (κ2) is 11.6. The third kappa shape index (κ3) is 7.75. The van der Waals surface area contributed by atoms with Crippen LogP contribution in [-0.2, 0) is 11.4 Å². The normalized spacial score (nSPS) is 10.9. The van der Waals surface area contributed by atoms with Gasteiger partial charge in [-0.05, 0) is 71.8 Å². The van der Waals surface area contributed by atoms with Gasteiger partial charge in [0.05, 0.1) is 6.21 Å². The Balaban J connectivity index is 1.37. The van der Waals surface area contributed by atoms with E-state index < -0.39 is 0 Å². The number of halogens is 2. The molecule has 154 valence electrons. The highest BCUT2D eigenvalue weighted by Gasteiger charge is 2.01. The van der Waals surface area contributed by atoms with E-state index in [2.05, 4.69) is 10.5 Å². The molecule has 0 aromatic heterocycles. The molecule has 30 heavy (non-hydrogen) atoms. The molecule has 0 bridgehead atoms. The van der Waals surface area contributed by atoms with Crippen molar-refractivity contribution in [3.8, 4) is 5.75 Å². The molecule has 7 heteroatoms. The number of hydrogen-bond donors (Lipinski definition) is 1. The van der Waals surface area contributed by atoms with Gasteiger partial charge in [0.1, 0.15) is 12.4 Å². The number of nitrogens with one attached hydrogen (secondary N) is 1. The fraction of sp³-hybridized carbons (Fsp3) is 0.130. The SMILES string of the molecule is O=C(CCSc1ccc(Cl)cc1)NN=Cc1ccc(OCc2ccc(Cl)cc2)cc1. The molecule has 1 amide bonds. The van der Waals surface area contributed by atoms with Crippen LogP contribution in [0.25, 0.3) is 0 Å². The van der Waals surface area contributed by atoms with Gasteiger partial charge < -0.3 is 4.74 Å². The molecule has 0 unspecified atom stereocenters. The van der Waals surface area contributed by atoms with Gasteiger partial charge in [-0.15, -0.1) is 11.8 Å². The van der Waals surface area contributed by atoms with E-state index in [9.17, 15) is 4.79 Å². The number of rotatable bonds is 9. The van der Waals surface area contributed by atoms with E-state index in [4.69, 9.17) is 27.9 Å². The molecule has 3 aromatic carbocycles. The highest BCUT2D eigenvalue weighted by atomic mass is 35.5. The van der Waals surface area contributed by atoms with Crippen molar-refractivity contribution in [3.63, 3.8) is 0 Å². The minimum absolute atomic E-state index is 0.129. The zero-order chi connectivity index (χ0) is 21.2. The Hall–Kier alpha value is -2.47. The second-order valence-corrected chi connectivity index (χ2v) is 8.37. The van der Waals surface area contributed by atoms with Crippen molar-refractivity contribution >= 4 is 47.1 Å². The standard InChI is InChI=1S/C23H20Cl2N2O2S/c24-19-5-1-18(2-6-19)16-29-21-9-3-17(4-10-21)15-26-27-23(28)13-14-30-22-11-7-20(25)8-12-22/h1-12,15H,13-14,16H2,(H,27,28). The van der Waals surface area contributed by atoms with Crippen LogP contribution in [0.2, 0.25) is 10.0 Å². The van der Waals surface area contributed by atoms with Gasteiger partial charge in [0.2, 0.25) is 5.91 Å². The van der Waals surface area contributed by atoms with Gasteiger partial charge in [0.15, 0.2) is 0 Å². The molecular weight excluding hydrogens is 439 g/mol. The Bertz CT molecular complexity index is 976. The molecule has 0 aliphatic rings. The Labute approximate surface area is 190 Å². The van der Waals surface area contributed by atoms with Crippen LogP contribution in [-0.4, -0.2) is 17.9 Å². The molecule has 0 fully saturated rings. The van der Waals surface area contributed by atoms with Crippen LogP contribution in [0.4, 0.5) is 0 Å². The maximum atomic E-state index is 11.9. The summed E-state index contributed by atoms with van der Waals surface area (Å²) in [5.41, 5.74) is 4.46. The molecule has 1 N–H and O–H groups in total. The molecule has 0 radical (unpaired) electrons. The van der Waals surface area contributed by atoms with Crippen LogP contribution < -0.4 is 10.2 Å². The Kier molecular flexibility index (Phi) is 8.63. The molecule has 0 saturated carbocycles. The minimum Gasteiger partial charge on any atom is -0.489 e. The van der Waals surface area contributed by atoms with Gasteiger partial charge in [-0.2, -0.15) is 5.10 Å². The average Bonchev–Trinajstić information content (AvgIpc) is 2.76. The van der Waals surface area contributed by atoms with Gasteiger partial charge >= 0.3 is 0 Å². The molecule has 3 aromatic rings. The first-order valence-corrected chi connectivity index (χ1v) is 11.0. The van der Waals surface area contributed by atoms with Crippen molar-refractivity contribution in [1.29, 1.82) is 0 Å². The maximum Gasteiger partial charge on any atom is 0.240 e. The highest BCUT2D eigenvalue weighted by Crippen LogP contribution is 2.21. The van der Waals surface area contributed by atoms with Gasteiger partial charge in [-0.1, -0.05) is 35.3 Å². The Morgan fingerprint density at radius 3 is 2.23 bits per heavy atom. The summed E-state index contributed by atoms with van der Waals surface area (Å²) in [4.78, 5) is 13.0. The Morgan fingerprint density at radius 1 is 0.933 bits per heavy atom. The van der Waals surface area contributed by atoms with Crippen LogP contribution in [0.1, 0.15) is 17.5 Å². The number of hydrogen-bond acceptors (Lipinski definition) is 4. The number of benzene rings is 3. The first-order valence-electron chi connectivity index (χ1n) is 9.26. The minimum atomic E-state index is -0.129. The fourth-order valence-electron chi connectivity index (χ4n) is 2.42. The summed E-state index contributed by atoms with van der Waals surface area (Å²) in [6, 6.07) is 22.6. The number of ether oxygens (including phenoxy) is 1. The molecule has 4 nitrogen and oxygen atoms in total. The molecule has 0 aliphatic heterocycles. The van der Waals surface area contributed by atoms with Crippen LogP contribution in [0, 0.1) is 0 Å². The number of carbonyl (C=O) groups excluding carboxylic acids is 1. The summed E-state index contributed by atoms with van der Waals surface area (Å²) < 4.78 is 5.75. The molecule has 0 aliphatic carbocycles. The van der Waals surface area contributed by atoms with E-state index in [0.717, 1.165) is 21.8 Å². The van der Waals surface area contributed by atoms with E-state index in [0.29, 0.717) is 28.8 Å². The van der Waals surface area contributed by atoms with Gasteiger partial charge in [0, 0.05) is 27.1 Å².